The van der Waals surface area contributed by atoms with Crippen molar-refractivity contribution in [1.29, 1.82) is 0 Å². The minimum atomic E-state index is 0.124. The number of benzene rings is 2. The molecule has 0 amide bonds. The van der Waals surface area contributed by atoms with Crippen molar-refractivity contribution >= 4 is 10.8 Å². The van der Waals surface area contributed by atoms with Gasteiger partial charge < -0.3 is 10.4 Å². The SMILES string of the molecule is OCCC1(c2ccc3ccccc3c2)CCNC1. The Morgan fingerprint density at radius 3 is 2.67 bits per heavy atom. The van der Waals surface area contributed by atoms with Crippen molar-refractivity contribution in [3.05, 3.63) is 48.0 Å². The molecule has 0 radical (unpaired) electrons. The van der Waals surface area contributed by atoms with Gasteiger partial charge in [-0.25, -0.2) is 0 Å². The molecule has 3 rings (SSSR count). The van der Waals surface area contributed by atoms with E-state index in [0.717, 1.165) is 25.9 Å². The van der Waals surface area contributed by atoms with Crippen LogP contribution in [0.3, 0.4) is 0 Å². The lowest BCUT2D eigenvalue weighted by molar-refractivity contribution is 0.244. The zero-order chi connectivity index (χ0) is 12.4. The van der Waals surface area contributed by atoms with Gasteiger partial charge in [0.2, 0.25) is 0 Å². The van der Waals surface area contributed by atoms with Crippen LogP contribution in [-0.4, -0.2) is 24.8 Å². The molecule has 0 aromatic heterocycles. The standard InChI is InChI=1S/C16H19NO/c18-10-8-16(7-9-17-12-16)15-6-5-13-3-1-2-4-14(13)11-15/h1-6,11,17-18H,7-10,12H2. The second kappa shape index (κ2) is 4.71. The van der Waals surface area contributed by atoms with Crippen LogP contribution in [0.4, 0.5) is 0 Å². The van der Waals surface area contributed by atoms with Crippen LogP contribution in [0.2, 0.25) is 0 Å². The van der Waals surface area contributed by atoms with E-state index in [1.54, 1.807) is 0 Å². The van der Waals surface area contributed by atoms with Gasteiger partial charge in [-0.3, -0.25) is 0 Å². The molecule has 1 heterocycles. The number of hydrogen-bond acceptors (Lipinski definition) is 2. The van der Waals surface area contributed by atoms with Crippen molar-refractivity contribution in [2.75, 3.05) is 19.7 Å². The lowest BCUT2D eigenvalue weighted by Gasteiger charge is -2.28. The Kier molecular flexibility index (Phi) is 3.06. The van der Waals surface area contributed by atoms with E-state index in [2.05, 4.69) is 47.8 Å². The highest BCUT2D eigenvalue weighted by molar-refractivity contribution is 5.83. The van der Waals surface area contributed by atoms with E-state index in [9.17, 15) is 5.11 Å². The van der Waals surface area contributed by atoms with E-state index in [1.165, 1.54) is 16.3 Å². The Hall–Kier alpha value is -1.38. The predicted octanol–water partition coefficient (Wildman–Crippen LogP) is 2.45. The van der Waals surface area contributed by atoms with Gasteiger partial charge in [-0.15, -0.1) is 0 Å². The molecule has 2 heteroatoms. The first-order valence-electron chi connectivity index (χ1n) is 6.65. The van der Waals surface area contributed by atoms with Crippen molar-refractivity contribution < 1.29 is 5.11 Å². The molecule has 0 spiro atoms. The number of hydrogen-bond donors (Lipinski definition) is 2. The Balaban J connectivity index is 2.06. The third-order valence-electron chi connectivity index (χ3n) is 4.20. The molecule has 94 valence electrons. The minimum Gasteiger partial charge on any atom is -0.396 e. The average Bonchev–Trinajstić information content (AvgIpc) is 2.88. The third kappa shape index (κ3) is 1.92. The smallest absolute Gasteiger partial charge is 0.0440 e. The monoisotopic (exact) mass is 241 g/mol. The highest BCUT2D eigenvalue weighted by Crippen LogP contribution is 2.35. The van der Waals surface area contributed by atoms with E-state index in [0.29, 0.717) is 0 Å². The summed E-state index contributed by atoms with van der Waals surface area (Å²) in [5.41, 5.74) is 1.49. The third-order valence-corrected chi connectivity index (χ3v) is 4.20. The zero-order valence-corrected chi connectivity index (χ0v) is 10.5. The number of rotatable bonds is 3. The molecule has 1 unspecified atom stereocenters. The number of nitrogens with one attached hydrogen (secondary N) is 1. The van der Waals surface area contributed by atoms with Gasteiger partial charge in [-0.05, 0) is 35.7 Å². The molecule has 1 atom stereocenters. The normalized spacial score (nSPS) is 23.6. The zero-order valence-electron chi connectivity index (χ0n) is 10.5. The molecule has 0 saturated carbocycles. The Labute approximate surface area is 108 Å². The van der Waals surface area contributed by atoms with Crippen molar-refractivity contribution in [3.8, 4) is 0 Å². The van der Waals surface area contributed by atoms with Gasteiger partial charge in [-0.2, -0.15) is 0 Å². The Morgan fingerprint density at radius 2 is 1.94 bits per heavy atom. The lowest BCUT2D eigenvalue weighted by Crippen LogP contribution is -2.30. The summed E-state index contributed by atoms with van der Waals surface area (Å²) in [5.74, 6) is 0. The van der Waals surface area contributed by atoms with Crippen molar-refractivity contribution in [2.45, 2.75) is 18.3 Å². The van der Waals surface area contributed by atoms with Crippen LogP contribution in [0.5, 0.6) is 0 Å². The van der Waals surface area contributed by atoms with Crippen LogP contribution < -0.4 is 5.32 Å². The van der Waals surface area contributed by atoms with E-state index in [-0.39, 0.29) is 12.0 Å². The molecule has 2 nitrogen and oxygen atoms in total. The van der Waals surface area contributed by atoms with Gasteiger partial charge in [0.25, 0.3) is 0 Å². The summed E-state index contributed by atoms with van der Waals surface area (Å²) in [7, 11) is 0. The minimum absolute atomic E-state index is 0.124. The fourth-order valence-corrected chi connectivity index (χ4v) is 3.08. The molecular weight excluding hydrogens is 222 g/mol. The molecule has 0 aliphatic carbocycles. The molecule has 1 saturated heterocycles. The number of aliphatic hydroxyl groups excluding tert-OH is 1. The average molecular weight is 241 g/mol. The molecule has 1 aliphatic heterocycles. The first kappa shape index (κ1) is 11.7. The highest BCUT2D eigenvalue weighted by atomic mass is 16.3. The van der Waals surface area contributed by atoms with Gasteiger partial charge in [-0.1, -0.05) is 42.5 Å². The van der Waals surface area contributed by atoms with E-state index >= 15 is 0 Å². The van der Waals surface area contributed by atoms with Crippen LogP contribution in [0.25, 0.3) is 10.8 Å². The van der Waals surface area contributed by atoms with E-state index in [1.807, 2.05) is 0 Å². The maximum Gasteiger partial charge on any atom is 0.0440 e. The lowest BCUT2D eigenvalue weighted by atomic mass is 9.76. The Morgan fingerprint density at radius 1 is 1.11 bits per heavy atom. The van der Waals surface area contributed by atoms with Crippen LogP contribution in [0.1, 0.15) is 18.4 Å². The fourth-order valence-electron chi connectivity index (χ4n) is 3.08. The van der Waals surface area contributed by atoms with Gasteiger partial charge in [0, 0.05) is 18.6 Å². The topological polar surface area (TPSA) is 32.3 Å². The molecule has 2 aromatic carbocycles. The summed E-state index contributed by atoms with van der Waals surface area (Å²) in [6.45, 7) is 2.28. The maximum absolute atomic E-state index is 9.34. The van der Waals surface area contributed by atoms with Crippen LogP contribution in [-0.2, 0) is 5.41 Å². The first-order valence-corrected chi connectivity index (χ1v) is 6.65. The summed E-state index contributed by atoms with van der Waals surface area (Å²) < 4.78 is 0. The van der Waals surface area contributed by atoms with Gasteiger partial charge in [0.05, 0.1) is 0 Å². The molecule has 1 fully saturated rings. The fraction of sp³-hybridized carbons (Fsp3) is 0.375. The van der Waals surface area contributed by atoms with Crippen LogP contribution >= 0.6 is 0 Å². The number of fused-ring (bicyclic) bond motifs is 1. The summed E-state index contributed by atoms with van der Waals surface area (Å²) in [4.78, 5) is 0. The van der Waals surface area contributed by atoms with Crippen LogP contribution in [0, 0.1) is 0 Å². The van der Waals surface area contributed by atoms with Crippen molar-refractivity contribution in [3.63, 3.8) is 0 Å². The summed E-state index contributed by atoms with van der Waals surface area (Å²) >= 11 is 0. The molecule has 1 aliphatic rings. The van der Waals surface area contributed by atoms with E-state index in [4.69, 9.17) is 0 Å². The van der Waals surface area contributed by atoms with Crippen LogP contribution in [0.15, 0.2) is 42.5 Å². The number of aliphatic hydroxyl groups is 1. The van der Waals surface area contributed by atoms with E-state index < -0.39 is 0 Å². The Bertz CT molecular complexity index is 544. The first-order chi connectivity index (χ1) is 8.84. The molecular formula is C16H19NO. The van der Waals surface area contributed by atoms with Crippen molar-refractivity contribution in [2.24, 2.45) is 0 Å². The maximum atomic E-state index is 9.34. The summed E-state index contributed by atoms with van der Waals surface area (Å²) in [5, 5.41) is 15.3. The molecule has 0 bridgehead atoms. The second-order valence-electron chi connectivity index (χ2n) is 5.24. The quantitative estimate of drug-likeness (QED) is 0.865. The van der Waals surface area contributed by atoms with Gasteiger partial charge >= 0.3 is 0 Å². The molecule has 18 heavy (non-hydrogen) atoms. The summed E-state index contributed by atoms with van der Waals surface area (Å²) in [6.07, 6.45) is 1.96. The van der Waals surface area contributed by atoms with Gasteiger partial charge in [0.1, 0.15) is 0 Å². The van der Waals surface area contributed by atoms with Crippen molar-refractivity contribution in [1.82, 2.24) is 5.32 Å². The highest BCUT2D eigenvalue weighted by Gasteiger charge is 2.34. The second-order valence-corrected chi connectivity index (χ2v) is 5.24. The summed E-state index contributed by atoms with van der Waals surface area (Å²) in [6, 6.07) is 15.2. The predicted molar refractivity (Wildman–Crippen MR) is 74.8 cm³/mol. The molecule has 2 aromatic rings. The largest absolute Gasteiger partial charge is 0.396 e. The van der Waals surface area contributed by atoms with Gasteiger partial charge in [0.15, 0.2) is 0 Å². The molecule has 2 N–H and O–H groups in total.